The van der Waals surface area contributed by atoms with Crippen LogP contribution in [0.25, 0.3) is 10.9 Å². The second kappa shape index (κ2) is 8.75. The number of nitrogens with one attached hydrogen (secondary N) is 2. The van der Waals surface area contributed by atoms with Crippen molar-refractivity contribution in [3.05, 3.63) is 57.6 Å². The molecule has 7 nitrogen and oxygen atoms in total. The minimum Gasteiger partial charge on any atom is -0.495 e. The van der Waals surface area contributed by atoms with Crippen molar-refractivity contribution in [3.8, 4) is 11.5 Å². The molecule has 28 heavy (non-hydrogen) atoms. The summed E-state index contributed by atoms with van der Waals surface area (Å²) in [5.41, 5.74) is 0.932. The number of benzene rings is 2. The van der Waals surface area contributed by atoms with E-state index in [1.807, 2.05) is 6.07 Å². The minimum absolute atomic E-state index is 0.178. The first-order chi connectivity index (χ1) is 13.5. The number of aryl methyl sites for hydroxylation is 1. The number of carbonyl (C=O) groups is 1. The smallest absolute Gasteiger partial charge is 0.258 e. The number of nitrogens with zero attached hydrogens (tertiary/aromatic N) is 1. The molecule has 0 saturated heterocycles. The van der Waals surface area contributed by atoms with Crippen molar-refractivity contribution < 1.29 is 14.3 Å². The van der Waals surface area contributed by atoms with E-state index in [2.05, 4.69) is 15.3 Å². The number of fused-ring (bicyclic) bond motifs is 1. The van der Waals surface area contributed by atoms with Gasteiger partial charge in [0.05, 0.1) is 35.8 Å². The third-order valence-electron chi connectivity index (χ3n) is 4.23. The number of para-hydroxylation sites is 1. The van der Waals surface area contributed by atoms with Crippen LogP contribution in [0.1, 0.15) is 18.7 Å². The Morgan fingerprint density at radius 2 is 1.93 bits per heavy atom. The molecule has 0 spiro atoms. The molecule has 0 bridgehead atoms. The van der Waals surface area contributed by atoms with Crippen molar-refractivity contribution in [2.75, 3.05) is 19.5 Å². The van der Waals surface area contributed by atoms with E-state index in [-0.39, 0.29) is 17.9 Å². The molecule has 0 fully saturated rings. The summed E-state index contributed by atoms with van der Waals surface area (Å²) in [7, 11) is 3.00. The molecule has 0 aliphatic rings. The van der Waals surface area contributed by atoms with Crippen LogP contribution >= 0.6 is 11.6 Å². The van der Waals surface area contributed by atoms with E-state index < -0.39 is 0 Å². The number of aromatic amines is 1. The van der Waals surface area contributed by atoms with E-state index in [1.165, 1.54) is 14.2 Å². The highest BCUT2D eigenvalue weighted by Crippen LogP contribution is 2.35. The van der Waals surface area contributed by atoms with Gasteiger partial charge in [0.15, 0.2) is 0 Å². The molecule has 1 amide bonds. The lowest BCUT2D eigenvalue weighted by atomic mass is 10.2. The Labute approximate surface area is 166 Å². The molecular formula is C20H20ClN3O4. The van der Waals surface area contributed by atoms with Gasteiger partial charge >= 0.3 is 0 Å². The van der Waals surface area contributed by atoms with Gasteiger partial charge in [0.1, 0.15) is 17.3 Å². The zero-order valence-corrected chi connectivity index (χ0v) is 16.3. The largest absolute Gasteiger partial charge is 0.495 e. The standard InChI is InChI=1S/C20H20ClN3O4/c1-27-16-11-17(28-2)15(10-13(16)21)23-19(25)9-5-8-18-22-14-7-4-3-6-12(14)20(26)24-18/h3-4,6-7,10-11H,5,8-9H2,1-2H3,(H,23,25)(H,22,24,26). The van der Waals surface area contributed by atoms with Crippen LogP contribution in [0.3, 0.4) is 0 Å². The molecular weight excluding hydrogens is 382 g/mol. The highest BCUT2D eigenvalue weighted by molar-refractivity contribution is 6.32. The topological polar surface area (TPSA) is 93.3 Å². The van der Waals surface area contributed by atoms with E-state index >= 15 is 0 Å². The van der Waals surface area contributed by atoms with Crippen LogP contribution < -0.4 is 20.3 Å². The van der Waals surface area contributed by atoms with Crippen molar-refractivity contribution in [3.63, 3.8) is 0 Å². The number of amides is 1. The van der Waals surface area contributed by atoms with Gasteiger partial charge in [-0.15, -0.1) is 0 Å². The summed E-state index contributed by atoms with van der Waals surface area (Å²) < 4.78 is 10.4. The number of H-pyrrole nitrogens is 1. The lowest BCUT2D eigenvalue weighted by molar-refractivity contribution is -0.116. The molecule has 0 atom stereocenters. The lowest BCUT2D eigenvalue weighted by Crippen LogP contribution is -2.14. The van der Waals surface area contributed by atoms with Crippen molar-refractivity contribution in [1.82, 2.24) is 9.97 Å². The summed E-state index contributed by atoms with van der Waals surface area (Å²) in [6, 6.07) is 10.3. The summed E-state index contributed by atoms with van der Waals surface area (Å²) in [6.07, 6.45) is 1.26. The molecule has 2 aromatic carbocycles. The molecule has 0 aliphatic heterocycles. The lowest BCUT2D eigenvalue weighted by Gasteiger charge is -2.13. The fraction of sp³-hybridized carbons (Fsp3) is 0.250. The highest BCUT2D eigenvalue weighted by atomic mass is 35.5. The zero-order chi connectivity index (χ0) is 20.1. The van der Waals surface area contributed by atoms with Crippen molar-refractivity contribution in [1.29, 1.82) is 0 Å². The molecule has 0 saturated carbocycles. The van der Waals surface area contributed by atoms with E-state index in [4.69, 9.17) is 21.1 Å². The van der Waals surface area contributed by atoms with Gasteiger partial charge in [-0.2, -0.15) is 0 Å². The Balaban J connectivity index is 1.62. The Bertz CT molecular complexity index is 1060. The number of methoxy groups -OCH3 is 2. The number of hydrogen-bond acceptors (Lipinski definition) is 5. The predicted molar refractivity (Wildman–Crippen MR) is 108 cm³/mol. The molecule has 1 aromatic heterocycles. The van der Waals surface area contributed by atoms with E-state index in [9.17, 15) is 9.59 Å². The van der Waals surface area contributed by atoms with E-state index in [0.29, 0.717) is 51.8 Å². The maximum Gasteiger partial charge on any atom is 0.258 e. The predicted octanol–water partition coefficient (Wildman–Crippen LogP) is 3.56. The van der Waals surface area contributed by atoms with Gasteiger partial charge in [-0.1, -0.05) is 23.7 Å². The molecule has 0 unspecified atom stereocenters. The first kappa shape index (κ1) is 19.7. The second-order valence-corrected chi connectivity index (χ2v) is 6.53. The number of ether oxygens (including phenoxy) is 2. The Morgan fingerprint density at radius 1 is 1.18 bits per heavy atom. The summed E-state index contributed by atoms with van der Waals surface area (Å²) in [5, 5.41) is 3.70. The van der Waals surface area contributed by atoms with Gasteiger partial charge in [0.25, 0.3) is 5.56 Å². The molecule has 146 valence electrons. The molecule has 0 radical (unpaired) electrons. The Hall–Kier alpha value is -3.06. The first-order valence-electron chi connectivity index (χ1n) is 8.71. The SMILES string of the molecule is COc1cc(OC)c(NC(=O)CCCc2nc3ccccc3c(=O)[nH]2)cc1Cl. The van der Waals surface area contributed by atoms with Crippen molar-refractivity contribution >= 4 is 34.1 Å². The number of aromatic nitrogens is 2. The first-order valence-corrected chi connectivity index (χ1v) is 9.09. The quantitative estimate of drug-likeness (QED) is 0.631. The number of halogens is 1. The zero-order valence-electron chi connectivity index (χ0n) is 15.5. The summed E-state index contributed by atoms with van der Waals surface area (Å²) in [6.45, 7) is 0. The maximum atomic E-state index is 12.3. The molecule has 1 heterocycles. The summed E-state index contributed by atoms with van der Waals surface area (Å²) in [4.78, 5) is 31.6. The van der Waals surface area contributed by atoms with Gasteiger partial charge in [0.2, 0.25) is 5.91 Å². The molecule has 0 aliphatic carbocycles. The summed E-state index contributed by atoms with van der Waals surface area (Å²) in [5.74, 6) is 1.28. The third-order valence-corrected chi connectivity index (χ3v) is 4.52. The van der Waals surface area contributed by atoms with Crippen LogP contribution in [0.5, 0.6) is 11.5 Å². The highest BCUT2D eigenvalue weighted by Gasteiger charge is 2.13. The average molecular weight is 402 g/mol. The van der Waals surface area contributed by atoms with Crippen LogP contribution in [0.15, 0.2) is 41.2 Å². The molecule has 2 N–H and O–H groups in total. The van der Waals surface area contributed by atoms with Crippen LogP contribution in [0, 0.1) is 0 Å². The number of hydrogen-bond donors (Lipinski definition) is 2. The Morgan fingerprint density at radius 3 is 2.68 bits per heavy atom. The van der Waals surface area contributed by atoms with Gasteiger partial charge in [-0.05, 0) is 24.6 Å². The number of rotatable bonds is 7. The monoisotopic (exact) mass is 401 g/mol. The Kier molecular flexibility index (Phi) is 6.16. The minimum atomic E-state index is -0.192. The fourth-order valence-electron chi connectivity index (χ4n) is 2.84. The number of anilines is 1. The molecule has 8 heteroatoms. The van der Waals surface area contributed by atoms with Gasteiger partial charge in [-0.3, -0.25) is 9.59 Å². The van der Waals surface area contributed by atoms with Gasteiger partial charge in [0, 0.05) is 18.9 Å². The van der Waals surface area contributed by atoms with Crippen molar-refractivity contribution in [2.24, 2.45) is 0 Å². The van der Waals surface area contributed by atoms with E-state index in [0.717, 1.165) is 0 Å². The molecule has 3 aromatic rings. The molecule has 3 rings (SSSR count). The van der Waals surface area contributed by atoms with Crippen LogP contribution in [0.2, 0.25) is 5.02 Å². The van der Waals surface area contributed by atoms with Crippen LogP contribution in [-0.2, 0) is 11.2 Å². The number of carbonyl (C=O) groups excluding carboxylic acids is 1. The van der Waals surface area contributed by atoms with Gasteiger partial charge < -0.3 is 19.8 Å². The van der Waals surface area contributed by atoms with Gasteiger partial charge in [-0.25, -0.2) is 4.98 Å². The normalized spacial score (nSPS) is 10.7. The fourth-order valence-corrected chi connectivity index (χ4v) is 3.08. The third kappa shape index (κ3) is 4.43. The maximum absolute atomic E-state index is 12.3. The van der Waals surface area contributed by atoms with Crippen LogP contribution in [-0.4, -0.2) is 30.1 Å². The average Bonchev–Trinajstić information content (AvgIpc) is 2.68. The van der Waals surface area contributed by atoms with Crippen molar-refractivity contribution in [2.45, 2.75) is 19.3 Å². The van der Waals surface area contributed by atoms with Crippen LogP contribution in [0.4, 0.5) is 5.69 Å². The second-order valence-electron chi connectivity index (χ2n) is 6.12. The summed E-state index contributed by atoms with van der Waals surface area (Å²) >= 11 is 6.11. The van der Waals surface area contributed by atoms with E-state index in [1.54, 1.807) is 30.3 Å².